The number of aliphatic hydroxyl groups excluding tert-OH is 1. The number of carbonyl (C=O) groups is 1. The van der Waals surface area contributed by atoms with Crippen molar-refractivity contribution < 1.29 is 19.4 Å². The molecule has 1 aliphatic heterocycles. The number of hydrogen-bond acceptors (Lipinski definition) is 4. The van der Waals surface area contributed by atoms with E-state index in [-0.39, 0.29) is 25.3 Å². The monoisotopic (exact) mass is 251 g/mol. The lowest BCUT2D eigenvalue weighted by molar-refractivity contribution is 0.0936. The van der Waals surface area contributed by atoms with Crippen LogP contribution in [0.4, 0.5) is 0 Å². The highest BCUT2D eigenvalue weighted by Gasteiger charge is 2.16. The van der Waals surface area contributed by atoms with Crippen molar-refractivity contribution in [3.8, 4) is 11.5 Å². The van der Waals surface area contributed by atoms with Gasteiger partial charge in [0.05, 0.1) is 0 Å². The lowest BCUT2D eigenvalue weighted by atomic mass is 10.1. The van der Waals surface area contributed by atoms with Gasteiger partial charge in [0, 0.05) is 18.2 Å². The van der Waals surface area contributed by atoms with E-state index < -0.39 is 0 Å². The van der Waals surface area contributed by atoms with Crippen LogP contribution in [0.3, 0.4) is 0 Å². The third-order valence-electron chi connectivity index (χ3n) is 2.81. The molecule has 1 aromatic carbocycles. The number of rotatable bonds is 5. The van der Waals surface area contributed by atoms with E-state index in [1.165, 1.54) is 0 Å². The number of hydrogen-bond donors (Lipinski definition) is 2. The molecule has 0 spiro atoms. The van der Waals surface area contributed by atoms with Gasteiger partial charge in [0.15, 0.2) is 11.5 Å². The second-order valence-electron chi connectivity index (χ2n) is 4.31. The van der Waals surface area contributed by atoms with Crippen LogP contribution in [0.5, 0.6) is 11.5 Å². The van der Waals surface area contributed by atoms with E-state index in [1.54, 1.807) is 18.2 Å². The average Bonchev–Trinajstić information content (AvgIpc) is 2.83. The molecule has 1 aliphatic rings. The molecule has 0 aromatic heterocycles. The zero-order valence-corrected chi connectivity index (χ0v) is 10.3. The lowest BCUT2D eigenvalue weighted by Crippen LogP contribution is -2.32. The fourth-order valence-corrected chi connectivity index (χ4v) is 1.81. The number of carbonyl (C=O) groups excluding carboxylic acids is 1. The van der Waals surface area contributed by atoms with Gasteiger partial charge in [0.1, 0.15) is 0 Å². The Morgan fingerprint density at radius 2 is 2.22 bits per heavy atom. The molecule has 1 heterocycles. The van der Waals surface area contributed by atoms with E-state index in [0.717, 1.165) is 6.42 Å². The summed E-state index contributed by atoms with van der Waals surface area (Å²) in [5, 5.41) is 11.6. The Morgan fingerprint density at radius 1 is 1.44 bits per heavy atom. The molecule has 2 N–H and O–H groups in total. The molecule has 5 heteroatoms. The number of ether oxygens (including phenoxy) is 2. The quantitative estimate of drug-likeness (QED) is 0.828. The summed E-state index contributed by atoms with van der Waals surface area (Å²) in [6.45, 7) is 2.26. The Hall–Kier alpha value is -1.75. The highest BCUT2D eigenvalue weighted by molar-refractivity contribution is 5.95. The molecule has 2 rings (SSSR count). The van der Waals surface area contributed by atoms with Gasteiger partial charge in [0.25, 0.3) is 5.91 Å². The first-order valence-corrected chi connectivity index (χ1v) is 6.02. The van der Waals surface area contributed by atoms with E-state index >= 15 is 0 Å². The molecule has 0 unspecified atom stereocenters. The van der Waals surface area contributed by atoms with Gasteiger partial charge in [-0.25, -0.2) is 0 Å². The number of amides is 1. The van der Waals surface area contributed by atoms with E-state index in [0.29, 0.717) is 23.5 Å². The van der Waals surface area contributed by atoms with Crippen molar-refractivity contribution in [2.24, 2.45) is 0 Å². The first-order valence-electron chi connectivity index (χ1n) is 6.02. The molecule has 5 nitrogen and oxygen atoms in total. The normalized spacial score (nSPS) is 14.3. The van der Waals surface area contributed by atoms with E-state index in [2.05, 4.69) is 5.32 Å². The maximum atomic E-state index is 11.9. The van der Waals surface area contributed by atoms with E-state index in [4.69, 9.17) is 14.6 Å². The summed E-state index contributed by atoms with van der Waals surface area (Å²) in [6.07, 6.45) is 1.44. The standard InChI is InChI=1S/C13H17NO4/c1-9(3-2-6-15)14-13(16)10-4-5-11-12(7-10)18-8-17-11/h4-5,7,9,15H,2-3,6,8H2,1H3,(H,14,16)/t9-/m0/s1. The first-order chi connectivity index (χ1) is 8.70. The number of benzene rings is 1. The van der Waals surface area contributed by atoms with Crippen LogP contribution in [0.25, 0.3) is 0 Å². The summed E-state index contributed by atoms with van der Waals surface area (Å²) in [7, 11) is 0. The highest BCUT2D eigenvalue weighted by atomic mass is 16.7. The Kier molecular flexibility index (Phi) is 4.04. The van der Waals surface area contributed by atoms with Gasteiger partial charge in [-0.15, -0.1) is 0 Å². The largest absolute Gasteiger partial charge is 0.454 e. The van der Waals surface area contributed by atoms with E-state index in [9.17, 15) is 4.79 Å². The number of aliphatic hydroxyl groups is 1. The molecule has 0 saturated carbocycles. The van der Waals surface area contributed by atoms with Crippen LogP contribution in [-0.2, 0) is 0 Å². The molecule has 0 fully saturated rings. The topological polar surface area (TPSA) is 67.8 Å². The zero-order chi connectivity index (χ0) is 13.0. The molecule has 0 bridgehead atoms. The average molecular weight is 251 g/mol. The van der Waals surface area contributed by atoms with E-state index in [1.807, 2.05) is 6.92 Å². The van der Waals surface area contributed by atoms with Crippen LogP contribution in [-0.4, -0.2) is 30.5 Å². The predicted molar refractivity (Wildman–Crippen MR) is 65.8 cm³/mol. The van der Waals surface area contributed by atoms with Crippen LogP contribution in [0.1, 0.15) is 30.1 Å². The summed E-state index contributed by atoms with van der Waals surface area (Å²) >= 11 is 0. The SMILES string of the molecule is C[C@@H](CCCO)NC(=O)c1ccc2c(c1)OCO2. The number of fused-ring (bicyclic) bond motifs is 1. The zero-order valence-electron chi connectivity index (χ0n) is 10.3. The van der Waals surface area contributed by atoms with Crippen molar-refractivity contribution in [2.45, 2.75) is 25.8 Å². The van der Waals surface area contributed by atoms with Gasteiger partial charge in [-0.1, -0.05) is 0 Å². The van der Waals surface area contributed by atoms with Gasteiger partial charge in [-0.3, -0.25) is 4.79 Å². The Labute approximate surface area is 106 Å². The molecule has 98 valence electrons. The summed E-state index contributed by atoms with van der Waals surface area (Å²) in [5.41, 5.74) is 0.551. The van der Waals surface area contributed by atoms with Crippen molar-refractivity contribution in [3.63, 3.8) is 0 Å². The van der Waals surface area contributed by atoms with Crippen molar-refractivity contribution in [3.05, 3.63) is 23.8 Å². The summed E-state index contributed by atoms with van der Waals surface area (Å²) in [5.74, 6) is 1.13. The first kappa shape index (κ1) is 12.7. The second-order valence-corrected chi connectivity index (χ2v) is 4.31. The van der Waals surface area contributed by atoms with Gasteiger partial charge in [-0.05, 0) is 38.0 Å². The third-order valence-corrected chi connectivity index (χ3v) is 2.81. The lowest BCUT2D eigenvalue weighted by Gasteiger charge is -2.13. The minimum Gasteiger partial charge on any atom is -0.454 e. The molecular weight excluding hydrogens is 234 g/mol. The molecule has 1 amide bonds. The molecule has 18 heavy (non-hydrogen) atoms. The minimum absolute atomic E-state index is 0.0371. The van der Waals surface area contributed by atoms with Crippen LogP contribution in [0.15, 0.2) is 18.2 Å². The Bertz CT molecular complexity index is 433. The van der Waals surface area contributed by atoms with Crippen LogP contribution < -0.4 is 14.8 Å². The minimum atomic E-state index is -0.140. The molecule has 1 aromatic rings. The summed E-state index contributed by atoms with van der Waals surface area (Å²) < 4.78 is 10.4. The second kappa shape index (κ2) is 5.73. The fraction of sp³-hybridized carbons (Fsp3) is 0.462. The molecule has 1 atom stereocenters. The fourth-order valence-electron chi connectivity index (χ4n) is 1.81. The van der Waals surface area contributed by atoms with Crippen molar-refractivity contribution in [1.82, 2.24) is 5.32 Å². The van der Waals surface area contributed by atoms with Crippen LogP contribution >= 0.6 is 0 Å². The van der Waals surface area contributed by atoms with Crippen molar-refractivity contribution in [2.75, 3.05) is 13.4 Å². The van der Waals surface area contributed by atoms with Gasteiger partial charge < -0.3 is 19.9 Å². The molecule has 0 saturated heterocycles. The Morgan fingerprint density at radius 3 is 3.00 bits per heavy atom. The molecule has 0 radical (unpaired) electrons. The third kappa shape index (κ3) is 2.92. The molecule has 0 aliphatic carbocycles. The highest BCUT2D eigenvalue weighted by Crippen LogP contribution is 2.32. The van der Waals surface area contributed by atoms with Gasteiger partial charge in [-0.2, -0.15) is 0 Å². The maximum Gasteiger partial charge on any atom is 0.251 e. The number of nitrogens with one attached hydrogen (secondary N) is 1. The maximum absolute atomic E-state index is 11.9. The van der Waals surface area contributed by atoms with Gasteiger partial charge >= 0.3 is 0 Å². The van der Waals surface area contributed by atoms with Gasteiger partial charge in [0.2, 0.25) is 6.79 Å². The summed E-state index contributed by atoms with van der Waals surface area (Å²) in [6, 6.07) is 5.16. The smallest absolute Gasteiger partial charge is 0.251 e. The van der Waals surface area contributed by atoms with Crippen molar-refractivity contribution >= 4 is 5.91 Å². The Balaban J connectivity index is 1.96. The van der Waals surface area contributed by atoms with Crippen LogP contribution in [0, 0.1) is 0 Å². The molecular formula is C13H17NO4. The van der Waals surface area contributed by atoms with Crippen molar-refractivity contribution in [1.29, 1.82) is 0 Å². The van der Waals surface area contributed by atoms with Crippen LogP contribution in [0.2, 0.25) is 0 Å². The predicted octanol–water partition coefficient (Wildman–Crippen LogP) is 1.31. The summed E-state index contributed by atoms with van der Waals surface area (Å²) in [4.78, 5) is 11.9.